The minimum absolute atomic E-state index is 0.0617. The monoisotopic (exact) mass is 310 g/mol. The number of nitrogens with zero attached hydrogens (tertiary/aromatic N) is 1. The summed E-state index contributed by atoms with van der Waals surface area (Å²) in [5.41, 5.74) is 0. The zero-order chi connectivity index (χ0) is 15.6. The fourth-order valence-corrected chi connectivity index (χ4v) is 3.65. The van der Waals surface area contributed by atoms with Gasteiger partial charge in [0.2, 0.25) is 5.91 Å². The molecule has 1 aliphatic carbocycles. The summed E-state index contributed by atoms with van der Waals surface area (Å²) in [5.74, 6) is 0.0617. The SMILES string of the molecule is CCCCN1CCCCC1CNC(=O)COC1CCCCC1. The van der Waals surface area contributed by atoms with E-state index in [-0.39, 0.29) is 12.5 Å². The Morgan fingerprint density at radius 1 is 1.14 bits per heavy atom. The van der Waals surface area contributed by atoms with Crippen LogP contribution in [0.3, 0.4) is 0 Å². The van der Waals surface area contributed by atoms with Gasteiger partial charge in [0.05, 0.1) is 6.10 Å². The van der Waals surface area contributed by atoms with Crippen LogP contribution in [0.15, 0.2) is 0 Å². The normalized spacial score (nSPS) is 24.3. The highest BCUT2D eigenvalue weighted by Crippen LogP contribution is 2.20. The topological polar surface area (TPSA) is 41.6 Å². The van der Waals surface area contributed by atoms with Crippen LogP contribution in [0.25, 0.3) is 0 Å². The quantitative estimate of drug-likeness (QED) is 0.749. The van der Waals surface area contributed by atoms with Crippen LogP contribution in [0, 0.1) is 0 Å². The summed E-state index contributed by atoms with van der Waals surface area (Å²) in [6, 6.07) is 0.527. The Morgan fingerprint density at radius 3 is 2.68 bits per heavy atom. The number of hydrogen-bond acceptors (Lipinski definition) is 3. The van der Waals surface area contributed by atoms with E-state index in [0.29, 0.717) is 12.1 Å². The summed E-state index contributed by atoms with van der Waals surface area (Å²) in [5, 5.41) is 3.09. The summed E-state index contributed by atoms with van der Waals surface area (Å²) in [7, 11) is 0. The number of likely N-dealkylation sites (tertiary alicyclic amines) is 1. The Kier molecular flexibility index (Phi) is 8.24. The van der Waals surface area contributed by atoms with Crippen molar-refractivity contribution in [3.8, 4) is 0 Å². The van der Waals surface area contributed by atoms with Gasteiger partial charge in [0, 0.05) is 12.6 Å². The number of piperidine rings is 1. The Bertz CT molecular complexity index is 316. The first kappa shape index (κ1) is 17.7. The van der Waals surface area contributed by atoms with Crippen molar-refractivity contribution in [3.63, 3.8) is 0 Å². The Balaban J connectivity index is 1.63. The van der Waals surface area contributed by atoms with Crippen LogP contribution in [0.1, 0.15) is 71.1 Å². The molecule has 1 saturated carbocycles. The molecule has 128 valence electrons. The fraction of sp³-hybridized carbons (Fsp3) is 0.944. The molecule has 0 bridgehead atoms. The van der Waals surface area contributed by atoms with Crippen LogP contribution in [-0.2, 0) is 9.53 Å². The summed E-state index contributed by atoms with van der Waals surface area (Å²) in [6.07, 6.45) is 12.7. The fourth-order valence-electron chi connectivity index (χ4n) is 3.65. The molecular weight excluding hydrogens is 276 g/mol. The molecule has 1 aliphatic heterocycles. The second-order valence-electron chi connectivity index (χ2n) is 6.91. The Labute approximate surface area is 136 Å². The summed E-state index contributed by atoms with van der Waals surface area (Å²) < 4.78 is 5.75. The third-order valence-electron chi connectivity index (χ3n) is 5.09. The first-order valence-electron chi connectivity index (χ1n) is 9.42. The molecule has 0 aromatic heterocycles. The third kappa shape index (κ3) is 6.25. The lowest BCUT2D eigenvalue weighted by Crippen LogP contribution is -2.47. The number of carbonyl (C=O) groups is 1. The van der Waals surface area contributed by atoms with E-state index < -0.39 is 0 Å². The van der Waals surface area contributed by atoms with Gasteiger partial charge in [-0.1, -0.05) is 39.0 Å². The highest BCUT2D eigenvalue weighted by molar-refractivity contribution is 5.77. The van der Waals surface area contributed by atoms with Gasteiger partial charge in [-0.05, 0) is 45.2 Å². The van der Waals surface area contributed by atoms with E-state index in [4.69, 9.17) is 4.74 Å². The van der Waals surface area contributed by atoms with Gasteiger partial charge in [0.25, 0.3) is 0 Å². The van der Waals surface area contributed by atoms with Crippen LogP contribution in [0.5, 0.6) is 0 Å². The average molecular weight is 310 g/mol. The summed E-state index contributed by atoms with van der Waals surface area (Å²) in [6.45, 7) is 5.64. The lowest BCUT2D eigenvalue weighted by atomic mass is 9.98. The number of carbonyl (C=O) groups excluding carboxylic acids is 1. The largest absolute Gasteiger partial charge is 0.368 e. The standard InChI is InChI=1S/C18H34N2O2/c1-2-3-12-20-13-8-7-9-16(20)14-19-18(21)15-22-17-10-5-4-6-11-17/h16-17H,2-15H2,1H3,(H,19,21). The highest BCUT2D eigenvalue weighted by atomic mass is 16.5. The molecule has 1 heterocycles. The maximum Gasteiger partial charge on any atom is 0.246 e. The van der Waals surface area contributed by atoms with Gasteiger partial charge in [0.1, 0.15) is 6.61 Å². The molecule has 0 radical (unpaired) electrons. The van der Waals surface area contributed by atoms with Crippen LogP contribution < -0.4 is 5.32 Å². The number of amides is 1. The van der Waals surface area contributed by atoms with Crippen LogP contribution in [0.4, 0.5) is 0 Å². The van der Waals surface area contributed by atoms with Gasteiger partial charge < -0.3 is 10.1 Å². The van der Waals surface area contributed by atoms with Crippen molar-refractivity contribution in [1.82, 2.24) is 10.2 Å². The molecule has 2 fully saturated rings. The van der Waals surface area contributed by atoms with Crippen molar-refractivity contribution in [3.05, 3.63) is 0 Å². The van der Waals surface area contributed by atoms with Crippen molar-refractivity contribution in [1.29, 1.82) is 0 Å². The van der Waals surface area contributed by atoms with E-state index in [1.807, 2.05) is 0 Å². The Hall–Kier alpha value is -0.610. The molecule has 0 spiro atoms. The van der Waals surface area contributed by atoms with Crippen LogP contribution in [-0.4, -0.2) is 49.2 Å². The number of rotatable bonds is 8. The third-order valence-corrected chi connectivity index (χ3v) is 5.09. The van der Waals surface area contributed by atoms with Crippen LogP contribution in [0.2, 0.25) is 0 Å². The number of hydrogen-bond donors (Lipinski definition) is 1. The number of nitrogens with one attached hydrogen (secondary N) is 1. The molecule has 0 aromatic carbocycles. The van der Waals surface area contributed by atoms with Gasteiger partial charge in [-0.25, -0.2) is 0 Å². The molecule has 1 unspecified atom stereocenters. The molecule has 0 aromatic rings. The smallest absolute Gasteiger partial charge is 0.246 e. The zero-order valence-corrected chi connectivity index (χ0v) is 14.3. The van der Waals surface area contributed by atoms with Gasteiger partial charge >= 0.3 is 0 Å². The first-order valence-corrected chi connectivity index (χ1v) is 9.42. The molecule has 4 heteroatoms. The molecule has 1 N–H and O–H groups in total. The zero-order valence-electron chi connectivity index (χ0n) is 14.3. The lowest BCUT2D eigenvalue weighted by Gasteiger charge is -2.35. The van der Waals surface area contributed by atoms with Gasteiger partial charge in [-0.2, -0.15) is 0 Å². The second-order valence-corrected chi connectivity index (χ2v) is 6.91. The molecular formula is C18H34N2O2. The van der Waals surface area contributed by atoms with Crippen LogP contribution >= 0.6 is 0 Å². The molecule has 1 saturated heterocycles. The van der Waals surface area contributed by atoms with E-state index in [0.717, 1.165) is 19.4 Å². The molecule has 22 heavy (non-hydrogen) atoms. The summed E-state index contributed by atoms with van der Waals surface area (Å²) >= 11 is 0. The predicted molar refractivity (Wildman–Crippen MR) is 90.0 cm³/mol. The second kappa shape index (κ2) is 10.2. The van der Waals surface area contributed by atoms with Crippen molar-refractivity contribution in [2.24, 2.45) is 0 Å². The van der Waals surface area contributed by atoms with Gasteiger partial charge in [-0.15, -0.1) is 0 Å². The maximum atomic E-state index is 12.0. The maximum absolute atomic E-state index is 12.0. The van der Waals surface area contributed by atoms with Crippen molar-refractivity contribution in [2.45, 2.75) is 83.3 Å². The van der Waals surface area contributed by atoms with Crippen molar-refractivity contribution >= 4 is 5.91 Å². The molecule has 2 rings (SSSR count). The van der Waals surface area contributed by atoms with E-state index >= 15 is 0 Å². The molecule has 2 aliphatic rings. The van der Waals surface area contributed by atoms with Gasteiger partial charge in [0.15, 0.2) is 0 Å². The highest BCUT2D eigenvalue weighted by Gasteiger charge is 2.22. The van der Waals surface area contributed by atoms with E-state index in [9.17, 15) is 4.79 Å². The molecule has 1 amide bonds. The molecule has 4 nitrogen and oxygen atoms in total. The first-order chi connectivity index (χ1) is 10.8. The van der Waals surface area contributed by atoms with E-state index in [2.05, 4.69) is 17.1 Å². The average Bonchev–Trinajstić information content (AvgIpc) is 2.58. The minimum atomic E-state index is 0.0617. The summed E-state index contributed by atoms with van der Waals surface area (Å²) in [4.78, 5) is 14.6. The van der Waals surface area contributed by atoms with Gasteiger partial charge in [-0.3, -0.25) is 9.69 Å². The minimum Gasteiger partial charge on any atom is -0.368 e. The lowest BCUT2D eigenvalue weighted by molar-refractivity contribution is -0.128. The number of ether oxygens (including phenoxy) is 1. The molecule has 1 atom stereocenters. The van der Waals surface area contributed by atoms with E-state index in [1.165, 1.54) is 64.5 Å². The van der Waals surface area contributed by atoms with E-state index in [1.54, 1.807) is 0 Å². The van der Waals surface area contributed by atoms with Crippen molar-refractivity contribution in [2.75, 3.05) is 26.2 Å². The van der Waals surface area contributed by atoms with Crippen molar-refractivity contribution < 1.29 is 9.53 Å². The Morgan fingerprint density at radius 2 is 1.91 bits per heavy atom. The number of unbranched alkanes of at least 4 members (excludes halogenated alkanes) is 1. The predicted octanol–water partition coefficient (Wildman–Crippen LogP) is 3.11.